The predicted octanol–water partition coefficient (Wildman–Crippen LogP) is 5.51. The van der Waals surface area contributed by atoms with E-state index in [-0.39, 0.29) is 5.91 Å². The van der Waals surface area contributed by atoms with Gasteiger partial charge >= 0.3 is 0 Å². The smallest absolute Gasteiger partial charge is 0.224 e. The van der Waals surface area contributed by atoms with E-state index in [0.29, 0.717) is 24.2 Å². The van der Waals surface area contributed by atoms with Crippen LogP contribution in [0.5, 0.6) is 0 Å². The van der Waals surface area contributed by atoms with Gasteiger partial charge in [0.15, 0.2) is 0 Å². The molecule has 1 aromatic heterocycles. The zero-order chi connectivity index (χ0) is 23.6. The lowest BCUT2D eigenvalue weighted by Crippen LogP contribution is -2.13. The Balaban J connectivity index is 1.20. The summed E-state index contributed by atoms with van der Waals surface area (Å²) in [5, 5.41) is 11.4. The molecule has 4 rings (SSSR count). The van der Waals surface area contributed by atoms with E-state index >= 15 is 0 Å². The van der Waals surface area contributed by atoms with Crippen LogP contribution in [-0.2, 0) is 24.2 Å². The van der Waals surface area contributed by atoms with E-state index in [4.69, 9.17) is 5.73 Å². The van der Waals surface area contributed by atoms with Gasteiger partial charge in [-0.2, -0.15) is 0 Å². The van der Waals surface area contributed by atoms with Crippen molar-refractivity contribution in [1.82, 2.24) is 15.0 Å². The number of nitrogen functional groups attached to an aromatic ring is 1. The van der Waals surface area contributed by atoms with E-state index < -0.39 is 0 Å². The first kappa shape index (κ1) is 23.2. The number of nitrogens with one attached hydrogen (secondary N) is 1. The number of benzene rings is 3. The van der Waals surface area contributed by atoms with Gasteiger partial charge in [0.2, 0.25) is 5.91 Å². The number of carbonyl (C=O) groups excluding carboxylic acids is 1. The van der Waals surface area contributed by atoms with E-state index in [0.717, 1.165) is 42.6 Å². The van der Waals surface area contributed by atoms with Gasteiger partial charge in [0.1, 0.15) is 0 Å². The van der Waals surface area contributed by atoms with E-state index in [2.05, 4.69) is 39.9 Å². The molecule has 4 aromatic rings. The number of unbranched alkanes of at least 4 members (excludes halogenated alkanes) is 2. The second kappa shape index (κ2) is 11.8. The molecular formula is C28H31N5O. The maximum absolute atomic E-state index is 12.5. The van der Waals surface area contributed by atoms with Crippen molar-refractivity contribution in [2.24, 2.45) is 0 Å². The number of nitrogens with zero attached hydrogens (tertiary/aromatic N) is 3. The molecule has 3 aromatic carbocycles. The molecule has 0 aliphatic carbocycles. The van der Waals surface area contributed by atoms with Crippen LogP contribution < -0.4 is 11.1 Å². The van der Waals surface area contributed by atoms with Crippen LogP contribution in [0, 0.1) is 0 Å². The Hall–Kier alpha value is -3.93. The number of amides is 1. The quantitative estimate of drug-likeness (QED) is 0.232. The Kier molecular flexibility index (Phi) is 8.06. The Bertz CT molecular complexity index is 1190. The minimum absolute atomic E-state index is 0.0904. The van der Waals surface area contributed by atoms with Crippen LogP contribution in [0.4, 0.5) is 11.4 Å². The van der Waals surface area contributed by atoms with Gasteiger partial charge in [-0.15, -0.1) is 5.10 Å². The van der Waals surface area contributed by atoms with Crippen molar-refractivity contribution in [3.8, 4) is 11.1 Å². The average molecular weight is 454 g/mol. The summed E-state index contributed by atoms with van der Waals surface area (Å²) >= 11 is 0. The van der Waals surface area contributed by atoms with Crippen molar-refractivity contribution in [3.05, 3.63) is 96.3 Å². The number of carbonyl (C=O) groups is 1. The first-order valence-corrected chi connectivity index (χ1v) is 11.8. The average Bonchev–Trinajstić information content (AvgIpc) is 3.33. The fourth-order valence-electron chi connectivity index (χ4n) is 3.92. The molecule has 0 unspecified atom stereocenters. The summed E-state index contributed by atoms with van der Waals surface area (Å²) in [5.74, 6) is -0.0904. The highest BCUT2D eigenvalue weighted by atomic mass is 16.1. The van der Waals surface area contributed by atoms with Gasteiger partial charge in [0.25, 0.3) is 0 Å². The molecule has 1 heterocycles. The maximum atomic E-state index is 12.5. The van der Waals surface area contributed by atoms with Crippen LogP contribution in [0.3, 0.4) is 0 Å². The lowest BCUT2D eigenvalue weighted by Gasteiger charge is -2.10. The van der Waals surface area contributed by atoms with Gasteiger partial charge in [0.05, 0.1) is 17.1 Å². The highest BCUT2D eigenvalue weighted by molar-refractivity contribution is 5.95. The Morgan fingerprint density at radius 1 is 0.853 bits per heavy atom. The maximum Gasteiger partial charge on any atom is 0.224 e. The van der Waals surface area contributed by atoms with Gasteiger partial charge in [0, 0.05) is 25.6 Å². The van der Waals surface area contributed by atoms with Crippen LogP contribution >= 0.6 is 0 Å². The largest absolute Gasteiger partial charge is 0.397 e. The molecule has 6 heteroatoms. The summed E-state index contributed by atoms with van der Waals surface area (Å²) in [7, 11) is 0. The summed E-state index contributed by atoms with van der Waals surface area (Å²) in [6.07, 6.45) is 7.29. The number of rotatable bonds is 11. The van der Waals surface area contributed by atoms with E-state index in [9.17, 15) is 4.79 Å². The molecule has 1 amide bonds. The van der Waals surface area contributed by atoms with Gasteiger partial charge < -0.3 is 11.1 Å². The molecule has 3 N–H and O–H groups in total. The molecule has 174 valence electrons. The SMILES string of the molecule is Nc1ccc(-c2ccccc2)cc1NC(=O)CCc1cn(CCCCCc2ccccc2)nn1. The molecule has 34 heavy (non-hydrogen) atoms. The fraction of sp³-hybridized carbons (Fsp3) is 0.250. The number of aryl methyl sites for hydroxylation is 3. The Morgan fingerprint density at radius 3 is 2.41 bits per heavy atom. The summed E-state index contributed by atoms with van der Waals surface area (Å²) in [4.78, 5) is 12.5. The second-order valence-electron chi connectivity index (χ2n) is 8.49. The fourth-order valence-corrected chi connectivity index (χ4v) is 3.92. The number of aromatic nitrogens is 3. The van der Waals surface area contributed by atoms with Gasteiger partial charge in [-0.3, -0.25) is 9.48 Å². The summed E-state index contributed by atoms with van der Waals surface area (Å²) in [6, 6.07) is 26.3. The molecular weight excluding hydrogens is 422 g/mol. The summed E-state index contributed by atoms with van der Waals surface area (Å²) < 4.78 is 1.87. The molecule has 0 atom stereocenters. The Labute approximate surface area is 200 Å². The van der Waals surface area contributed by atoms with Crippen LogP contribution in [0.1, 0.15) is 36.9 Å². The standard InChI is InChI=1S/C28H31N5O/c29-26-17-15-24(23-13-7-2-8-14-23)20-27(26)30-28(34)18-16-25-21-33(32-31-25)19-9-3-6-12-22-10-4-1-5-11-22/h1-2,4-5,7-8,10-11,13-15,17,20-21H,3,6,9,12,16,18-19,29H2,(H,30,34). The molecule has 6 nitrogen and oxygen atoms in total. The van der Waals surface area contributed by atoms with Crippen molar-refractivity contribution in [2.75, 3.05) is 11.1 Å². The van der Waals surface area contributed by atoms with Crippen LogP contribution in [0.15, 0.2) is 85.1 Å². The highest BCUT2D eigenvalue weighted by Crippen LogP contribution is 2.27. The third-order valence-corrected chi connectivity index (χ3v) is 5.82. The highest BCUT2D eigenvalue weighted by Gasteiger charge is 2.09. The van der Waals surface area contributed by atoms with Crippen molar-refractivity contribution in [2.45, 2.75) is 45.1 Å². The lowest BCUT2D eigenvalue weighted by molar-refractivity contribution is -0.116. The number of hydrogen-bond donors (Lipinski definition) is 2. The molecule has 0 fully saturated rings. The third kappa shape index (κ3) is 6.78. The summed E-state index contributed by atoms with van der Waals surface area (Å²) in [6.45, 7) is 0.844. The molecule has 0 spiro atoms. The van der Waals surface area contributed by atoms with E-state index in [1.165, 1.54) is 12.0 Å². The number of nitrogens with two attached hydrogens (primary N) is 1. The zero-order valence-corrected chi connectivity index (χ0v) is 19.4. The molecule has 0 saturated heterocycles. The number of anilines is 2. The zero-order valence-electron chi connectivity index (χ0n) is 19.4. The first-order valence-electron chi connectivity index (χ1n) is 11.8. The summed E-state index contributed by atoms with van der Waals surface area (Å²) in [5.41, 5.74) is 11.6. The minimum atomic E-state index is -0.0904. The topological polar surface area (TPSA) is 85.8 Å². The first-order chi connectivity index (χ1) is 16.7. The molecule has 0 radical (unpaired) electrons. The molecule has 0 aliphatic rings. The predicted molar refractivity (Wildman–Crippen MR) is 137 cm³/mol. The molecule has 0 aliphatic heterocycles. The van der Waals surface area contributed by atoms with Gasteiger partial charge in [-0.05, 0) is 48.1 Å². The Morgan fingerprint density at radius 2 is 1.62 bits per heavy atom. The van der Waals surface area contributed by atoms with Gasteiger partial charge in [-0.25, -0.2) is 0 Å². The van der Waals surface area contributed by atoms with Crippen molar-refractivity contribution >= 4 is 17.3 Å². The van der Waals surface area contributed by atoms with Crippen LogP contribution in [-0.4, -0.2) is 20.9 Å². The normalized spacial score (nSPS) is 10.8. The molecule has 0 bridgehead atoms. The van der Waals surface area contributed by atoms with Crippen molar-refractivity contribution in [1.29, 1.82) is 0 Å². The second-order valence-corrected chi connectivity index (χ2v) is 8.49. The van der Waals surface area contributed by atoms with Crippen molar-refractivity contribution in [3.63, 3.8) is 0 Å². The lowest BCUT2D eigenvalue weighted by atomic mass is 10.0. The third-order valence-electron chi connectivity index (χ3n) is 5.82. The van der Waals surface area contributed by atoms with Crippen molar-refractivity contribution < 1.29 is 4.79 Å². The monoisotopic (exact) mass is 453 g/mol. The van der Waals surface area contributed by atoms with Crippen LogP contribution in [0.2, 0.25) is 0 Å². The van der Waals surface area contributed by atoms with E-state index in [1.54, 1.807) is 0 Å². The van der Waals surface area contributed by atoms with Crippen LogP contribution in [0.25, 0.3) is 11.1 Å². The van der Waals surface area contributed by atoms with Gasteiger partial charge in [-0.1, -0.05) is 78.4 Å². The van der Waals surface area contributed by atoms with E-state index in [1.807, 2.05) is 65.5 Å². The number of hydrogen-bond acceptors (Lipinski definition) is 4. The minimum Gasteiger partial charge on any atom is -0.397 e. The molecule has 0 saturated carbocycles.